The van der Waals surface area contributed by atoms with Gasteiger partial charge in [0.1, 0.15) is 0 Å². The van der Waals surface area contributed by atoms with Crippen molar-refractivity contribution in [2.75, 3.05) is 0 Å². The molecule has 0 fully saturated rings. The Labute approximate surface area is 109 Å². The summed E-state index contributed by atoms with van der Waals surface area (Å²) >= 11 is 0. The molecule has 0 saturated carbocycles. The van der Waals surface area contributed by atoms with Crippen LogP contribution in [0.2, 0.25) is 0 Å². The third-order valence-corrected chi connectivity index (χ3v) is 3.23. The highest BCUT2D eigenvalue weighted by molar-refractivity contribution is 5.19. The molecule has 2 aromatic rings. The quantitative estimate of drug-likeness (QED) is 0.845. The van der Waals surface area contributed by atoms with Crippen molar-refractivity contribution in [1.29, 1.82) is 0 Å². The first kappa shape index (κ1) is 12.8. The van der Waals surface area contributed by atoms with Gasteiger partial charge < -0.3 is 9.88 Å². The smallest absolute Gasteiger partial charge is 0.0573 e. The van der Waals surface area contributed by atoms with Crippen LogP contribution in [0, 0.1) is 0 Å². The van der Waals surface area contributed by atoms with Crippen molar-refractivity contribution in [3.05, 3.63) is 53.6 Å². The Kier molecular flexibility index (Phi) is 4.53. The van der Waals surface area contributed by atoms with E-state index in [1.54, 1.807) is 0 Å². The fraction of sp³-hybridized carbons (Fsp3) is 0.400. The molecule has 3 heteroatoms. The maximum Gasteiger partial charge on any atom is 0.0573 e. The van der Waals surface area contributed by atoms with E-state index in [0.29, 0.717) is 0 Å². The van der Waals surface area contributed by atoms with Gasteiger partial charge in [-0.3, -0.25) is 4.98 Å². The first-order chi connectivity index (χ1) is 8.85. The Balaban J connectivity index is 1.92. The molecule has 2 aromatic heterocycles. The highest BCUT2D eigenvalue weighted by atomic mass is 15.0. The number of nitrogens with zero attached hydrogens (tertiary/aromatic N) is 2. The number of nitrogens with one attached hydrogen (secondary N) is 1. The van der Waals surface area contributed by atoms with Crippen LogP contribution in [0.4, 0.5) is 0 Å². The molecule has 0 saturated heterocycles. The molecule has 1 N–H and O–H groups in total. The Hall–Kier alpha value is -1.61. The standard InChI is InChI=1S/C15H21N3/c1-3-13-7-5-9-17-15(13)12-16-11-14-8-6-10-18(14)4-2/h5-10,16H,3-4,11-12H2,1-2H3. The van der Waals surface area contributed by atoms with Gasteiger partial charge in [0, 0.05) is 37.7 Å². The maximum absolute atomic E-state index is 4.44. The van der Waals surface area contributed by atoms with Gasteiger partial charge in [0.15, 0.2) is 0 Å². The Bertz CT molecular complexity index is 488. The van der Waals surface area contributed by atoms with Crippen LogP contribution in [-0.2, 0) is 26.1 Å². The maximum atomic E-state index is 4.44. The summed E-state index contributed by atoms with van der Waals surface area (Å²) in [5.74, 6) is 0. The summed E-state index contributed by atoms with van der Waals surface area (Å²) in [6.45, 7) is 7.08. The van der Waals surface area contributed by atoms with E-state index in [1.807, 2.05) is 12.3 Å². The van der Waals surface area contributed by atoms with Gasteiger partial charge in [0.2, 0.25) is 0 Å². The molecule has 0 spiro atoms. The van der Waals surface area contributed by atoms with Crippen molar-refractivity contribution < 1.29 is 0 Å². The molecule has 0 amide bonds. The van der Waals surface area contributed by atoms with E-state index in [-0.39, 0.29) is 0 Å². The lowest BCUT2D eigenvalue weighted by Gasteiger charge is -2.10. The van der Waals surface area contributed by atoms with E-state index in [0.717, 1.165) is 31.7 Å². The first-order valence-corrected chi connectivity index (χ1v) is 6.62. The molecule has 96 valence electrons. The van der Waals surface area contributed by atoms with Crippen molar-refractivity contribution >= 4 is 0 Å². The molecule has 0 bridgehead atoms. The highest BCUT2D eigenvalue weighted by Crippen LogP contribution is 2.07. The third-order valence-electron chi connectivity index (χ3n) is 3.23. The van der Waals surface area contributed by atoms with Crippen molar-refractivity contribution in [2.45, 2.75) is 39.9 Å². The zero-order valence-electron chi connectivity index (χ0n) is 11.2. The van der Waals surface area contributed by atoms with Crippen LogP contribution in [-0.4, -0.2) is 9.55 Å². The van der Waals surface area contributed by atoms with Gasteiger partial charge in [0.25, 0.3) is 0 Å². The van der Waals surface area contributed by atoms with Crippen LogP contribution in [0.15, 0.2) is 36.7 Å². The average molecular weight is 243 g/mol. The minimum atomic E-state index is 0.832. The van der Waals surface area contributed by atoms with E-state index in [9.17, 15) is 0 Å². The zero-order valence-corrected chi connectivity index (χ0v) is 11.2. The largest absolute Gasteiger partial charge is 0.351 e. The molecule has 0 aliphatic carbocycles. The lowest BCUT2D eigenvalue weighted by Crippen LogP contribution is -2.17. The van der Waals surface area contributed by atoms with Crippen LogP contribution in [0.3, 0.4) is 0 Å². The lowest BCUT2D eigenvalue weighted by molar-refractivity contribution is 0.619. The van der Waals surface area contributed by atoms with E-state index >= 15 is 0 Å². The Morgan fingerprint density at radius 1 is 1.17 bits per heavy atom. The van der Waals surface area contributed by atoms with Gasteiger partial charge >= 0.3 is 0 Å². The van der Waals surface area contributed by atoms with Crippen LogP contribution in [0.1, 0.15) is 30.8 Å². The Morgan fingerprint density at radius 3 is 2.83 bits per heavy atom. The van der Waals surface area contributed by atoms with Gasteiger partial charge in [0.05, 0.1) is 5.69 Å². The second-order valence-electron chi connectivity index (χ2n) is 4.35. The molecule has 2 rings (SSSR count). The number of hydrogen-bond donors (Lipinski definition) is 1. The molecular formula is C15H21N3. The van der Waals surface area contributed by atoms with Crippen molar-refractivity contribution in [3.63, 3.8) is 0 Å². The van der Waals surface area contributed by atoms with E-state index in [2.05, 4.69) is 53.1 Å². The van der Waals surface area contributed by atoms with Gasteiger partial charge in [-0.1, -0.05) is 13.0 Å². The van der Waals surface area contributed by atoms with E-state index in [4.69, 9.17) is 0 Å². The number of rotatable bonds is 6. The van der Waals surface area contributed by atoms with Crippen molar-refractivity contribution in [2.24, 2.45) is 0 Å². The first-order valence-electron chi connectivity index (χ1n) is 6.62. The lowest BCUT2D eigenvalue weighted by atomic mass is 10.1. The third kappa shape index (κ3) is 2.99. The number of aryl methyl sites for hydroxylation is 2. The summed E-state index contributed by atoms with van der Waals surface area (Å²) in [5.41, 5.74) is 3.82. The molecule has 3 nitrogen and oxygen atoms in total. The van der Waals surface area contributed by atoms with Gasteiger partial charge in [-0.2, -0.15) is 0 Å². The summed E-state index contributed by atoms with van der Waals surface area (Å²) in [4.78, 5) is 4.44. The molecule has 2 heterocycles. The Morgan fingerprint density at radius 2 is 2.06 bits per heavy atom. The van der Waals surface area contributed by atoms with Gasteiger partial charge in [-0.05, 0) is 37.1 Å². The zero-order chi connectivity index (χ0) is 12.8. The predicted molar refractivity (Wildman–Crippen MR) is 74.3 cm³/mol. The van der Waals surface area contributed by atoms with Gasteiger partial charge in [-0.25, -0.2) is 0 Å². The molecular weight excluding hydrogens is 222 g/mol. The minimum absolute atomic E-state index is 0.832. The molecule has 0 aromatic carbocycles. The molecule has 0 aliphatic heterocycles. The topological polar surface area (TPSA) is 29.9 Å². The molecule has 0 unspecified atom stereocenters. The fourth-order valence-electron chi connectivity index (χ4n) is 2.18. The molecule has 0 aliphatic rings. The van der Waals surface area contributed by atoms with Crippen molar-refractivity contribution in [3.8, 4) is 0 Å². The summed E-state index contributed by atoms with van der Waals surface area (Å²) < 4.78 is 2.26. The number of aromatic nitrogens is 2. The van der Waals surface area contributed by atoms with Crippen LogP contribution in [0.5, 0.6) is 0 Å². The SMILES string of the molecule is CCc1cccnc1CNCc1cccn1CC. The van der Waals surface area contributed by atoms with E-state index in [1.165, 1.54) is 11.3 Å². The fourth-order valence-corrected chi connectivity index (χ4v) is 2.18. The monoisotopic (exact) mass is 243 g/mol. The molecule has 18 heavy (non-hydrogen) atoms. The van der Waals surface area contributed by atoms with E-state index < -0.39 is 0 Å². The second-order valence-corrected chi connectivity index (χ2v) is 4.35. The second kappa shape index (κ2) is 6.36. The molecule has 0 atom stereocenters. The average Bonchev–Trinajstić information content (AvgIpc) is 2.87. The van der Waals surface area contributed by atoms with Crippen LogP contribution < -0.4 is 5.32 Å². The van der Waals surface area contributed by atoms with Crippen molar-refractivity contribution in [1.82, 2.24) is 14.9 Å². The summed E-state index contributed by atoms with van der Waals surface area (Å²) in [6.07, 6.45) is 5.02. The number of pyridine rings is 1. The number of hydrogen-bond acceptors (Lipinski definition) is 2. The molecule has 0 radical (unpaired) electrons. The minimum Gasteiger partial charge on any atom is -0.351 e. The summed E-state index contributed by atoms with van der Waals surface area (Å²) in [6, 6.07) is 8.41. The summed E-state index contributed by atoms with van der Waals surface area (Å²) in [5, 5.41) is 3.47. The van der Waals surface area contributed by atoms with Crippen LogP contribution in [0.25, 0.3) is 0 Å². The summed E-state index contributed by atoms with van der Waals surface area (Å²) in [7, 11) is 0. The normalized spacial score (nSPS) is 10.8. The highest BCUT2D eigenvalue weighted by Gasteiger charge is 2.02. The predicted octanol–water partition coefficient (Wildman–Crippen LogP) is 2.76. The van der Waals surface area contributed by atoms with Crippen LogP contribution >= 0.6 is 0 Å². The van der Waals surface area contributed by atoms with Gasteiger partial charge in [-0.15, -0.1) is 0 Å².